The van der Waals surface area contributed by atoms with Gasteiger partial charge in [-0.1, -0.05) is 61.2 Å². The van der Waals surface area contributed by atoms with E-state index in [1.54, 1.807) is 13.1 Å². The second-order valence-corrected chi connectivity index (χ2v) is 10.1. The lowest BCUT2D eigenvalue weighted by molar-refractivity contribution is -0.274. The number of benzene rings is 3. The lowest BCUT2D eigenvalue weighted by Crippen LogP contribution is -2.45. The van der Waals surface area contributed by atoms with E-state index in [1.165, 1.54) is 47.0 Å². The molecule has 0 amide bonds. The van der Waals surface area contributed by atoms with Gasteiger partial charge in [0.2, 0.25) is 0 Å². The van der Waals surface area contributed by atoms with E-state index in [0.29, 0.717) is 22.4 Å². The fourth-order valence-electron chi connectivity index (χ4n) is 4.18. The average Bonchev–Trinajstić information content (AvgIpc) is 3.53. The van der Waals surface area contributed by atoms with Crippen LogP contribution in [0, 0.1) is 0 Å². The highest BCUT2D eigenvalue weighted by Crippen LogP contribution is 2.37. The van der Waals surface area contributed by atoms with E-state index in [1.807, 2.05) is 53.4 Å². The van der Waals surface area contributed by atoms with Crippen LogP contribution in [-0.2, 0) is 6.42 Å². The highest BCUT2D eigenvalue weighted by Gasteiger charge is 2.41. The minimum absolute atomic E-state index is 0.311. The van der Waals surface area contributed by atoms with Crippen molar-refractivity contribution in [2.24, 2.45) is 10.2 Å². The van der Waals surface area contributed by atoms with Crippen LogP contribution in [0.4, 0.5) is 18.9 Å². The maximum atomic E-state index is 12.4. The van der Waals surface area contributed by atoms with Gasteiger partial charge in [0.05, 0.1) is 11.9 Å². The van der Waals surface area contributed by atoms with Crippen molar-refractivity contribution in [3.05, 3.63) is 90.3 Å². The number of halogens is 3. The third kappa shape index (κ3) is 6.18. The van der Waals surface area contributed by atoms with Gasteiger partial charge in [0.1, 0.15) is 12.1 Å². The van der Waals surface area contributed by atoms with Crippen LogP contribution in [0.15, 0.2) is 89.3 Å². The molecule has 8 nitrogen and oxygen atoms in total. The molecule has 1 atom stereocenters. The molecule has 0 aliphatic carbocycles. The molecule has 0 spiro atoms. The lowest BCUT2D eigenvalue weighted by Gasteiger charge is -2.32. The topological polar surface area (TPSA) is 88.1 Å². The van der Waals surface area contributed by atoms with Gasteiger partial charge in [-0.25, -0.2) is 9.67 Å². The smallest absolute Gasteiger partial charge is 0.406 e. The Hall–Kier alpha value is -4.16. The largest absolute Gasteiger partial charge is 0.573 e. The number of aliphatic hydroxyl groups is 1. The molecule has 5 rings (SSSR count). The summed E-state index contributed by atoms with van der Waals surface area (Å²) in [6.45, 7) is 3.84. The third-order valence-electron chi connectivity index (χ3n) is 6.11. The summed E-state index contributed by atoms with van der Waals surface area (Å²) in [5.41, 5.74) is 3.04. The molecular weight excluding hydrogens is 541 g/mol. The molecule has 1 aliphatic rings. The Morgan fingerprint density at radius 1 is 1.07 bits per heavy atom. The first kappa shape index (κ1) is 27.4. The predicted molar refractivity (Wildman–Crippen MR) is 150 cm³/mol. The maximum absolute atomic E-state index is 12.4. The molecule has 40 heavy (non-hydrogen) atoms. The maximum Gasteiger partial charge on any atom is 0.573 e. The van der Waals surface area contributed by atoms with Gasteiger partial charge in [0.25, 0.3) is 0 Å². The monoisotopic (exact) mass is 566 g/mol. The van der Waals surface area contributed by atoms with Crippen molar-refractivity contribution < 1.29 is 23.0 Å². The van der Waals surface area contributed by atoms with Crippen molar-refractivity contribution in [3.63, 3.8) is 0 Å². The van der Waals surface area contributed by atoms with E-state index < -0.39 is 12.1 Å². The number of anilines is 1. The normalized spacial score (nSPS) is 18.6. The highest BCUT2D eigenvalue weighted by atomic mass is 32.2. The van der Waals surface area contributed by atoms with Crippen LogP contribution < -0.4 is 9.64 Å². The molecule has 4 aromatic rings. The number of ether oxygens (including phenoxy) is 1. The third-order valence-corrected chi connectivity index (χ3v) is 7.32. The van der Waals surface area contributed by atoms with Crippen molar-refractivity contribution in [2.45, 2.75) is 32.4 Å². The lowest BCUT2D eigenvalue weighted by atomic mass is 10.1. The number of rotatable bonds is 7. The summed E-state index contributed by atoms with van der Waals surface area (Å²) in [6.07, 6.45) is -0.808. The zero-order valence-electron chi connectivity index (χ0n) is 21.6. The van der Waals surface area contributed by atoms with Gasteiger partial charge < -0.3 is 9.84 Å². The Morgan fingerprint density at radius 3 is 2.50 bits per heavy atom. The number of amidine groups is 1. The molecule has 0 saturated carbocycles. The predicted octanol–water partition coefficient (Wildman–Crippen LogP) is 6.05. The van der Waals surface area contributed by atoms with E-state index in [9.17, 15) is 18.3 Å². The van der Waals surface area contributed by atoms with Gasteiger partial charge in [-0.05, 0) is 54.8 Å². The van der Waals surface area contributed by atoms with E-state index >= 15 is 0 Å². The standard InChI is InChI=1S/C28H25F3N6O2S/c1-3-20-6-4-5-7-24(20)37-26(40-17-27(37,2)38)34-33-16-19-8-10-21(11-9-19)25-32-18-36(35-25)22-12-14-23(15-13-22)39-28(29,30)31/h4-16,18,38H,3,17H2,1-2H3/b33-16+,34-26-. The fourth-order valence-corrected chi connectivity index (χ4v) is 5.24. The molecule has 1 fully saturated rings. The van der Waals surface area contributed by atoms with E-state index in [0.717, 1.165) is 28.8 Å². The van der Waals surface area contributed by atoms with Crippen molar-refractivity contribution in [3.8, 4) is 22.8 Å². The molecule has 1 aliphatic heterocycles. The fraction of sp³-hybridized carbons (Fsp3) is 0.214. The Morgan fingerprint density at radius 2 is 1.80 bits per heavy atom. The second-order valence-electron chi connectivity index (χ2n) is 9.13. The molecule has 0 radical (unpaired) electrons. The van der Waals surface area contributed by atoms with Crippen LogP contribution in [-0.4, -0.2) is 49.1 Å². The van der Waals surface area contributed by atoms with Crippen LogP contribution in [0.2, 0.25) is 0 Å². The number of para-hydroxylation sites is 1. The average molecular weight is 567 g/mol. The summed E-state index contributed by atoms with van der Waals surface area (Å²) in [4.78, 5) is 6.14. The Kier molecular flexibility index (Phi) is 7.63. The number of alkyl halides is 3. The van der Waals surface area contributed by atoms with Crippen molar-refractivity contribution in [2.75, 3.05) is 10.7 Å². The highest BCUT2D eigenvalue weighted by molar-refractivity contribution is 8.14. The van der Waals surface area contributed by atoms with Crippen molar-refractivity contribution >= 4 is 28.8 Å². The molecule has 3 aromatic carbocycles. The quantitative estimate of drug-likeness (QED) is 0.217. The molecule has 206 valence electrons. The Balaban J connectivity index is 1.28. The first-order chi connectivity index (χ1) is 19.1. The minimum atomic E-state index is -4.75. The van der Waals surface area contributed by atoms with Crippen LogP contribution in [0.5, 0.6) is 5.75 Å². The first-order valence-electron chi connectivity index (χ1n) is 12.4. The van der Waals surface area contributed by atoms with Crippen LogP contribution in [0.1, 0.15) is 25.0 Å². The summed E-state index contributed by atoms with van der Waals surface area (Å²) in [7, 11) is 0. The molecule has 1 aromatic heterocycles. The molecule has 1 saturated heterocycles. The number of aromatic nitrogens is 3. The Bertz CT molecular complexity index is 1530. The zero-order valence-corrected chi connectivity index (χ0v) is 22.4. The number of thioether (sulfide) groups is 1. The molecule has 1 N–H and O–H groups in total. The SMILES string of the molecule is CCc1ccccc1N1/C(=N/N=C/c2ccc(-c3ncn(-c4ccc(OC(F)(F)F)cc4)n3)cc2)SCC1(C)O. The van der Waals surface area contributed by atoms with E-state index in [-0.39, 0.29) is 5.75 Å². The number of hydrogen-bond donors (Lipinski definition) is 1. The molecule has 12 heteroatoms. The van der Waals surface area contributed by atoms with Crippen LogP contribution >= 0.6 is 11.8 Å². The number of nitrogens with zero attached hydrogens (tertiary/aromatic N) is 6. The summed E-state index contributed by atoms with van der Waals surface area (Å²) in [5, 5.41) is 24.7. The minimum Gasteiger partial charge on any atom is -0.406 e. The van der Waals surface area contributed by atoms with Gasteiger partial charge in [0, 0.05) is 17.0 Å². The van der Waals surface area contributed by atoms with Gasteiger partial charge in [-0.2, -0.15) is 5.10 Å². The molecule has 2 heterocycles. The van der Waals surface area contributed by atoms with Crippen molar-refractivity contribution in [1.82, 2.24) is 14.8 Å². The van der Waals surface area contributed by atoms with Gasteiger partial charge in [-0.15, -0.1) is 23.4 Å². The molecule has 0 bridgehead atoms. The second kappa shape index (κ2) is 11.1. The van der Waals surface area contributed by atoms with Gasteiger partial charge in [0.15, 0.2) is 16.7 Å². The summed E-state index contributed by atoms with van der Waals surface area (Å²) in [5.74, 6) is 0.614. The number of aryl methyl sites for hydroxylation is 1. The summed E-state index contributed by atoms with van der Waals surface area (Å²) < 4.78 is 42.5. The molecule has 1 unspecified atom stereocenters. The van der Waals surface area contributed by atoms with Gasteiger partial charge >= 0.3 is 6.36 Å². The first-order valence-corrected chi connectivity index (χ1v) is 13.3. The van der Waals surface area contributed by atoms with Crippen LogP contribution in [0.3, 0.4) is 0 Å². The number of hydrogen-bond acceptors (Lipinski definition) is 7. The van der Waals surface area contributed by atoms with Gasteiger partial charge in [-0.3, -0.25) is 4.90 Å². The summed E-state index contributed by atoms with van der Waals surface area (Å²) >= 11 is 1.45. The molecular formula is C28H25F3N6O2S. The Labute approximate surface area is 232 Å². The van der Waals surface area contributed by atoms with Crippen molar-refractivity contribution in [1.29, 1.82) is 0 Å². The zero-order chi connectivity index (χ0) is 28.3. The van der Waals surface area contributed by atoms with E-state index in [4.69, 9.17) is 0 Å². The summed E-state index contributed by atoms with van der Waals surface area (Å²) in [6, 6.07) is 20.7. The van der Waals surface area contributed by atoms with Crippen LogP contribution in [0.25, 0.3) is 17.1 Å². The van der Waals surface area contributed by atoms with E-state index in [2.05, 4.69) is 31.9 Å².